The van der Waals surface area contributed by atoms with Gasteiger partial charge in [-0.25, -0.2) is 0 Å². The molecule has 0 aliphatic heterocycles. The number of nitrogens with two attached hydrogens (primary N) is 2. The minimum Gasteiger partial charge on any atom is -0.316 e. The van der Waals surface area contributed by atoms with E-state index in [0.29, 0.717) is 0 Å². The molecule has 0 radical (unpaired) electrons. The smallest absolute Gasteiger partial charge is 0.0491 e. The van der Waals surface area contributed by atoms with E-state index in [1.54, 1.807) is 6.92 Å². The van der Waals surface area contributed by atoms with Crippen molar-refractivity contribution in [2.45, 2.75) is 13.1 Å². The molecule has 0 bridgehead atoms. The van der Waals surface area contributed by atoms with Crippen molar-refractivity contribution in [3.05, 3.63) is 0 Å². The molecule has 0 rings (SSSR count). The van der Waals surface area contributed by atoms with E-state index in [9.17, 15) is 0 Å². The maximum atomic E-state index is 4.89. The van der Waals surface area contributed by atoms with Crippen LogP contribution in [0.4, 0.5) is 0 Å². The SMILES string of the molecule is CC(N)N.[Zn]. The molecule has 0 fully saturated rings. The fourth-order valence-corrected chi connectivity index (χ4v) is 0. The zero-order chi connectivity index (χ0) is 3.58. The molecule has 5 heavy (non-hydrogen) atoms. The average molecular weight is 125 g/mol. The molecule has 0 amide bonds. The molecule has 4 N–H and O–H groups in total. The van der Waals surface area contributed by atoms with Crippen molar-refractivity contribution in [2.24, 2.45) is 11.5 Å². The van der Waals surface area contributed by atoms with Crippen molar-refractivity contribution in [3.8, 4) is 0 Å². The van der Waals surface area contributed by atoms with Crippen LogP contribution < -0.4 is 11.5 Å². The molecular formula is C2H8N2Zn. The summed E-state index contributed by atoms with van der Waals surface area (Å²) in [5.74, 6) is 0. The largest absolute Gasteiger partial charge is 0.316 e. The van der Waals surface area contributed by atoms with Crippen LogP contribution >= 0.6 is 0 Å². The van der Waals surface area contributed by atoms with Crippen LogP contribution in [-0.4, -0.2) is 6.17 Å². The van der Waals surface area contributed by atoms with Gasteiger partial charge in [0.1, 0.15) is 0 Å². The second kappa shape index (κ2) is 4.54. The van der Waals surface area contributed by atoms with Gasteiger partial charge in [-0.15, -0.1) is 0 Å². The first kappa shape index (κ1) is 9.11. The Balaban J connectivity index is 0. The molecule has 28 valence electrons. The summed E-state index contributed by atoms with van der Waals surface area (Å²) >= 11 is 0. The molecule has 2 nitrogen and oxygen atoms in total. The average Bonchev–Trinajstić information content (AvgIpc) is 0.811. The molecule has 0 saturated heterocycles. The van der Waals surface area contributed by atoms with Crippen LogP contribution in [0.3, 0.4) is 0 Å². The molecule has 0 spiro atoms. The normalized spacial score (nSPS) is 7.20. The third kappa shape index (κ3) is 99.5. The third-order valence-corrected chi connectivity index (χ3v) is 0. The quantitative estimate of drug-likeness (QED) is 0.331. The van der Waals surface area contributed by atoms with Crippen molar-refractivity contribution >= 4 is 0 Å². The van der Waals surface area contributed by atoms with Crippen LogP contribution in [0.5, 0.6) is 0 Å². The Bertz CT molecular complexity index is 12.4. The number of rotatable bonds is 0. The van der Waals surface area contributed by atoms with E-state index >= 15 is 0 Å². The summed E-state index contributed by atoms with van der Waals surface area (Å²) in [7, 11) is 0. The summed E-state index contributed by atoms with van der Waals surface area (Å²) in [5, 5.41) is 0. The summed E-state index contributed by atoms with van der Waals surface area (Å²) < 4.78 is 0. The molecule has 0 aromatic heterocycles. The predicted molar refractivity (Wildman–Crippen MR) is 17.8 cm³/mol. The van der Waals surface area contributed by atoms with Crippen LogP contribution in [0, 0.1) is 0 Å². The van der Waals surface area contributed by atoms with Crippen LogP contribution in [0.1, 0.15) is 6.92 Å². The van der Waals surface area contributed by atoms with Gasteiger partial charge in [0.25, 0.3) is 0 Å². The van der Waals surface area contributed by atoms with Gasteiger partial charge in [0.15, 0.2) is 0 Å². The van der Waals surface area contributed by atoms with E-state index in [-0.39, 0.29) is 25.6 Å². The fraction of sp³-hybridized carbons (Fsp3) is 1.00. The van der Waals surface area contributed by atoms with Gasteiger partial charge in [0.05, 0.1) is 0 Å². The van der Waals surface area contributed by atoms with Gasteiger partial charge in [-0.05, 0) is 6.92 Å². The monoisotopic (exact) mass is 124 g/mol. The summed E-state index contributed by atoms with van der Waals surface area (Å²) in [6.07, 6.45) is -0.167. The first-order chi connectivity index (χ1) is 1.73. The molecule has 0 aliphatic rings. The summed E-state index contributed by atoms with van der Waals surface area (Å²) in [5.41, 5.74) is 9.78. The van der Waals surface area contributed by atoms with Crippen LogP contribution in [0.25, 0.3) is 0 Å². The summed E-state index contributed by atoms with van der Waals surface area (Å²) in [6.45, 7) is 1.72. The summed E-state index contributed by atoms with van der Waals surface area (Å²) in [4.78, 5) is 0. The van der Waals surface area contributed by atoms with Crippen LogP contribution in [0.2, 0.25) is 0 Å². The zero-order valence-electron chi connectivity index (χ0n) is 3.44. The Morgan fingerprint density at radius 1 is 1.40 bits per heavy atom. The van der Waals surface area contributed by atoms with E-state index < -0.39 is 0 Å². The van der Waals surface area contributed by atoms with Gasteiger partial charge in [-0.3, -0.25) is 0 Å². The molecule has 0 aromatic carbocycles. The topological polar surface area (TPSA) is 52.0 Å². The third-order valence-electron chi connectivity index (χ3n) is 0. The van der Waals surface area contributed by atoms with Crippen LogP contribution in [-0.2, 0) is 19.5 Å². The van der Waals surface area contributed by atoms with Gasteiger partial charge in [0, 0.05) is 25.6 Å². The number of hydrogen-bond acceptors (Lipinski definition) is 2. The van der Waals surface area contributed by atoms with Crippen LogP contribution in [0.15, 0.2) is 0 Å². The fourth-order valence-electron chi connectivity index (χ4n) is 0. The standard InChI is InChI=1S/C2H8N2.Zn/c1-2(3)4;/h2H,3-4H2,1H3;. The van der Waals surface area contributed by atoms with Gasteiger partial charge >= 0.3 is 0 Å². The van der Waals surface area contributed by atoms with Gasteiger partial charge in [0.2, 0.25) is 0 Å². The maximum Gasteiger partial charge on any atom is 0.0491 e. The molecule has 3 heteroatoms. The van der Waals surface area contributed by atoms with E-state index in [2.05, 4.69) is 0 Å². The molecular weight excluding hydrogens is 117 g/mol. The first-order valence-corrected chi connectivity index (χ1v) is 1.24. The molecule has 0 unspecified atom stereocenters. The van der Waals surface area contributed by atoms with E-state index in [0.717, 1.165) is 0 Å². The summed E-state index contributed by atoms with van der Waals surface area (Å²) in [6, 6.07) is 0. The molecule has 0 saturated carbocycles. The molecule has 0 atom stereocenters. The van der Waals surface area contributed by atoms with E-state index in [1.165, 1.54) is 0 Å². The zero-order valence-corrected chi connectivity index (χ0v) is 6.41. The van der Waals surface area contributed by atoms with E-state index in [4.69, 9.17) is 11.5 Å². The van der Waals surface area contributed by atoms with Crippen molar-refractivity contribution in [3.63, 3.8) is 0 Å². The minimum atomic E-state index is -0.167. The molecule has 0 aliphatic carbocycles. The van der Waals surface area contributed by atoms with E-state index in [1.807, 2.05) is 0 Å². The molecule has 0 aromatic rings. The Morgan fingerprint density at radius 3 is 1.40 bits per heavy atom. The minimum absolute atomic E-state index is 0. The predicted octanol–water partition coefficient (Wildman–Crippen LogP) is -0.753. The Kier molecular flexibility index (Phi) is 8.28. The van der Waals surface area contributed by atoms with Crippen molar-refractivity contribution in [1.29, 1.82) is 0 Å². The first-order valence-electron chi connectivity index (χ1n) is 1.24. The Labute approximate surface area is 44.7 Å². The second-order valence-electron chi connectivity index (χ2n) is 0.859. The van der Waals surface area contributed by atoms with Gasteiger partial charge in [-0.1, -0.05) is 0 Å². The molecule has 0 heterocycles. The number of hydrogen-bond donors (Lipinski definition) is 2. The van der Waals surface area contributed by atoms with Crippen molar-refractivity contribution < 1.29 is 19.5 Å². The van der Waals surface area contributed by atoms with Crippen molar-refractivity contribution in [2.75, 3.05) is 0 Å². The van der Waals surface area contributed by atoms with Crippen molar-refractivity contribution in [1.82, 2.24) is 0 Å². The second-order valence-corrected chi connectivity index (χ2v) is 0.859. The Morgan fingerprint density at radius 2 is 1.40 bits per heavy atom. The van der Waals surface area contributed by atoms with Gasteiger partial charge in [-0.2, -0.15) is 0 Å². The van der Waals surface area contributed by atoms with Gasteiger partial charge < -0.3 is 11.5 Å². The Hall–Kier alpha value is 0.543. The maximum absolute atomic E-state index is 4.89.